The van der Waals surface area contributed by atoms with Crippen molar-refractivity contribution in [2.45, 2.75) is 31.1 Å². The van der Waals surface area contributed by atoms with Crippen molar-refractivity contribution in [1.29, 1.82) is 0 Å². The second kappa shape index (κ2) is 6.99. The molecule has 1 aliphatic rings. The molecule has 1 aliphatic heterocycles. The molecule has 0 spiro atoms. The van der Waals surface area contributed by atoms with Crippen LogP contribution in [0.5, 0.6) is 5.75 Å². The highest BCUT2D eigenvalue weighted by molar-refractivity contribution is 7.93. The molecule has 1 fully saturated rings. The molecule has 23 heavy (non-hydrogen) atoms. The molecule has 1 amide bonds. The first-order chi connectivity index (χ1) is 10.8. The van der Waals surface area contributed by atoms with Gasteiger partial charge in [-0.25, -0.2) is 13.2 Å². The number of amides is 1. The first kappa shape index (κ1) is 17.3. The molecule has 0 bridgehead atoms. The third-order valence-electron chi connectivity index (χ3n) is 3.72. The van der Waals surface area contributed by atoms with Crippen LogP contribution in [-0.4, -0.2) is 43.0 Å². The van der Waals surface area contributed by atoms with Crippen molar-refractivity contribution in [1.82, 2.24) is 5.32 Å². The lowest BCUT2D eigenvalue weighted by Crippen LogP contribution is -2.38. The van der Waals surface area contributed by atoms with Gasteiger partial charge >= 0.3 is 5.97 Å². The SMILES string of the molecule is CC(NC(=O)C1CCCS1(=O)=O)c1ccc(OCC(=O)O)cc1. The minimum atomic E-state index is -3.32. The van der Waals surface area contributed by atoms with E-state index < -0.39 is 33.6 Å². The van der Waals surface area contributed by atoms with Crippen molar-refractivity contribution in [2.75, 3.05) is 12.4 Å². The fourth-order valence-corrected chi connectivity index (χ4v) is 4.25. The van der Waals surface area contributed by atoms with E-state index >= 15 is 0 Å². The van der Waals surface area contributed by atoms with Crippen LogP contribution < -0.4 is 10.1 Å². The van der Waals surface area contributed by atoms with Crippen molar-refractivity contribution in [2.24, 2.45) is 0 Å². The molecule has 2 unspecified atom stereocenters. The Balaban J connectivity index is 1.96. The van der Waals surface area contributed by atoms with Crippen LogP contribution in [0.2, 0.25) is 0 Å². The van der Waals surface area contributed by atoms with Gasteiger partial charge in [0.05, 0.1) is 11.8 Å². The monoisotopic (exact) mass is 341 g/mol. The van der Waals surface area contributed by atoms with Crippen molar-refractivity contribution < 1.29 is 27.9 Å². The summed E-state index contributed by atoms with van der Waals surface area (Å²) in [4.78, 5) is 22.5. The maximum absolute atomic E-state index is 12.1. The molecule has 0 radical (unpaired) electrons. The summed E-state index contributed by atoms with van der Waals surface area (Å²) in [6.07, 6.45) is 0.882. The average Bonchev–Trinajstić information content (AvgIpc) is 2.85. The summed E-state index contributed by atoms with van der Waals surface area (Å²) in [7, 11) is -3.32. The van der Waals surface area contributed by atoms with Gasteiger partial charge in [0, 0.05) is 0 Å². The molecular weight excluding hydrogens is 322 g/mol. The fraction of sp³-hybridized carbons (Fsp3) is 0.467. The number of nitrogens with one attached hydrogen (secondary N) is 1. The minimum absolute atomic E-state index is 0.0646. The van der Waals surface area contributed by atoms with E-state index in [4.69, 9.17) is 9.84 Å². The zero-order valence-corrected chi connectivity index (χ0v) is 13.5. The lowest BCUT2D eigenvalue weighted by molar-refractivity contribution is -0.139. The molecule has 126 valence electrons. The maximum Gasteiger partial charge on any atom is 0.341 e. The molecule has 1 heterocycles. The van der Waals surface area contributed by atoms with Crippen LogP contribution in [-0.2, 0) is 19.4 Å². The third-order valence-corrected chi connectivity index (χ3v) is 5.90. The van der Waals surface area contributed by atoms with Gasteiger partial charge in [0.15, 0.2) is 16.4 Å². The Bertz CT molecular complexity index is 682. The lowest BCUT2D eigenvalue weighted by atomic mass is 10.1. The topological polar surface area (TPSA) is 110 Å². The Morgan fingerprint density at radius 2 is 2.00 bits per heavy atom. The van der Waals surface area contributed by atoms with Gasteiger partial charge in [0.25, 0.3) is 0 Å². The molecule has 0 aliphatic carbocycles. The van der Waals surface area contributed by atoms with Crippen LogP contribution in [0.1, 0.15) is 31.4 Å². The van der Waals surface area contributed by atoms with Gasteiger partial charge in [-0.1, -0.05) is 12.1 Å². The summed E-state index contributed by atoms with van der Waals surface area (Å²) in [5.41, 5.74) is 0.774. The van der Waals surface area contributed by atoms with E-state index in [0.29, 0.717) is 18.6 Å². The van der Waals surface area contributed by atoms with Gasteiger partial charge in [-0.2, -0.15) is 0 Å². The number of ether oxygens (including phenoxy) is 1. The van der Waals surface area contributed by atoms with Crippen molar-refractivity contribution >= 4 is 21.7 Å². The van der Waals surface area contributed by atoms with Crippen LogP contribution in [0.3, 0.4) is 0 Å². The standard InChI is InChI=1S/C15H19NO6S/c1-10(16-15(19)13-3-2-8-23(13,20)21)11-4-6-12(7-5-11)22-9-14(17)18/h4-7,10,13H,2-3,8-9H2,1H3,(H,16,19)(H,17,18). The fourth-order valence-electron chi connectivity index (χ4n) is 2.47. The molecule has 2 atom stereocenters. The number of carboxylic acid groups (broad SMARTS) is 1. The highest BCUT2D eigenvalue weighted by Crippen LogP contribution is 2.22. The van der Waals surface area contributed by atoms with Crippen molar-refractivity contribution in [3.63, 3.8) is 0 Å². The van der Waals surface area contributed by atoms with Gasteiger partial charge in [0.2, 0.25) is 5.91 Å². The van der Waals surface area contributed by atoms with Crippen LogP contribution in [0, 0.1) is 0 Å². The van der Waals surface area contributed by atoms with Gasteiger partial charge in [0.1, 0.15) is 11.0 Å². The van der Waals surface area contributed by atoms with Crippen molar-refractivity contribution in [3.8, 4) is 5.75 Å². The highest BCUT2D eigenvalue weighted by Gasteiger charge is 2.37. The summed E-state index contributed by atoms with van der Waals surface area (Å²) in [5.74, 6) is -1.06. The molecule has 2 rings (SSSR count). The van der Waals surface area contributed by atoms with E-state index in [1.165, 1.54) is 0 Å². The third kappa shape index (κ3) is 4.44. The predicted molar refractivity (Wildman–Crippen MR) is 82.9 cm³/mol. The Morgan fingerprint density at radius 3 is 2.52 bits per heavy atom. The molecule has 7 nitrogen and oxygen atoms in total. The van der Waals surface area contributed by atoms with Crippen LogP contribution in [0.15, 0.2) is 24.3 Å². The zero-order chi connectivity index (χ0) is 17.0. The summed E-state index contributed by atoms with van der Waals surface area (Å²) in [5, 5.41) is 10.3. The maximum atomic E-state index is 12.1. The number of hydrogen-bond donors (Lipinski definition) is 2. The van der Waals surface area contributed by atoms with Gasteiger partial charge < -0.3 is 15.2 Å². The van der Waals surface area contributed by atoms with Crippen LogP contribution >= 0.6 is 0 Å². The minimum Gasteiger partial charge on any atom is -0.482 e. The second-order valence-electron chi connectivity index (χ2n) is 5.48. The molecule has 2 N–H and O–H groups in total. The average molecular weight is 341 g/mol. The van der Waals surface area contributed by atoms with Gasteiger partial charge in [-0.15, -0.1) is 0 Å². The summed E-state index contributed by atoms with van der Waals surface area (Å²) >= 11 is 0. The van der Waals surface area contributed by atoms with E-state index in [1.54, 1.807) is 31.2 Å². The first-order valence-corrected chi connectivity index (χ1v) is 8.97. The quantitative estimate of drug-likeness (QED) is 0.796. The molecule has 0 saturated carbocycles. The number of carbonyl (C=O) groups is 2. The van der Waals surface area contributed by atoms with E-state index in [0.717, 1.165) is 5.56 Å². The lowest BCUT2D eigenvalue weighted by Gasteiger charge is -2.17. The number of hydrogen-bond acceptors (Lipinski definition) is 5. The number of rotatable bonds is 6. The molecule has 0 aromatic heterocycles. The number of carbonyl (C=O) groups excluding carboxylic acids is 1. The van der Waals surface area contributed by atoms with E-state index in [2.05, 4.69) is 5.32 Å². The number of benzene rings is 1. The van der Waals surface area contributed by atoms with Crippen LogP contribution in [0.4, 0.5) is 0 Å². The van der Waals surface area contributed by atoms with E-state index in [9.17, 15) is 18.0 Å². The summed E-state index contributed by atoms with van der Waals surface area (Å²) in [6.45, 7) is 1.33. The Labute approximate surface area is 134 Å². The predicted octanol–water partition coefficient (Wildman–Crippen LogP) is 0.904. The number of sulfone groups is 1. The normalized spacial score (nSPS) is 20.7. The molecular formula is C15H19NO6S. The molecule has 8 heteroatoms. The van der Waals surface area contributed by atoms with Gasteiger partial charge in [-0.05, 0) is 37.5 Å². The van der Waals surface area contributed by atoms with Crippen molar-refractivity contribution in [3.05, 3.63) is 29.8 Å². The zero-order valence-electron chi connectivity index (χ0n) is 12.7. The number of carboxylic acids is 1. The highest BCUT2D eigenvalue weighted by atomic mass is 32.2. The second-order valence-corrected chi connectivity index (χ2v) is 7.78. The smallest absolute Gasteiger partial charge is 0.341 e. The summed E-state index contributed by atoms with van der Waals surface area (Å²) < 4.78 is 28.6. The van der Waals surface area contributed by atoms with Gasteiger partial charge in [-0.3, -0.25) is 4.79 Å². The summed E-state index contributed by atoms with van der Waals surface area (Å²) in [6, 6.07) is 6.25. The Hall–Kier alpha value is -2.09. The Kier molecular flexibility index (Phi) is 5.25. The van der Waals surface area contributed by atoms with E-state index in [1.807, 2.05) is 0 Å². The van der Waals surface area contributed by atoms with Crippen LogP contribution in [0.25, 0.3) is 0 Å². The van der Waals surface area contributed by atoms with E-state index in [-0.39, 0.29) is 11.8 Å². The molecule has 1 saturated heterocycles. The number of aliphatic carboxylic acids is 1. The first-order valence-electron chi connectivity index (χ1n) is 7.26. The Morgan fingerprint density at radius 1 is 1.35 bits per heavy atom. The molecule has 1 aromatic rings. The largest absolute Gasteiger partial charge is 0.482 e. The molecule has 1 aromatic carbocycles.